The zero-order valence-electron chi connectivity index (χ0n) is 12.1. The van der Waals surface area contributed by atoms with Crippen molar-refractivity contribution in [1.29, 1.82) is 0 Å². The quantitative estimate of drug-likeness (QED) is 0.580. The molecule has 0 fully saturated rings. The van der Waals surface area contributed by atoms with Gasteiger partial charge in [0, 0.05) is 10.0 Å². The highest BCUT2D eigenvalue weighted by Gasteiger charge is 2.25. The van der Waals surface area contributed by atoms with Crippen molar-refractivity contribution in [2.24, 2.45) is 4.99 Å². The van der Waals surface area contributed by atoms with Gasteiger partial charge in [0.05, 0.1) is 0 Å². The van der Waals surface area contributed by atoms with E-state index >= 15 is 0 Å². The Morgan fingerprint density at radius 1 is 1.12 bits per heavy atom. The molecule has 2 aliphatic rings. The van der Waals surface area contributed by atoms with E-state index in [9.17, 15) is 9.18 Å². The first kappa shape index (κ1) is 14.9. The Hall–Kier alpha value is -2.67. The van der Waals surface area contributed by atoms with E-state index in [1.807, 2.05) is 0 Å². The average Bonchev–Trinajstić information content (AvgIpc) is 3.15. The summed E-state index contributed by atoms with van der Waals surface area (Å²) >= 11 is 3.42. The first-order valence-corrected chi connectivity index (χ1v) is 7.77. The van der Waals surface area contributed by atoms with E-state index in [2.05, 4.69) is 20.9 Å². The molecule has 0 aromatic heterocycles. The van der Waals surface area contributed by atoms with Crippen LogP contribution in [0.2, 0.25) is 0 Å². The highest BCUT2D eigenvalue weighted by molar-refractivity contribution is 9.10. The van der Waals surface area contributed by atoms with E-state index in [0.29, 0.717) is 22.6 Å². The van der Waals surface area contributed by atoms with Crippen LogP contribution in [0.4, 0.5) is 4.39 Å². The van der Waals surface area contributed by atoms with Crippen LogP contribution in [-0.4, -0.2) is 18.7 Å². The predicted molar refractivity (Wildman–Crippen MR) is 87.3 cm³/mol. The standard InChI is InChI=1S/C17H9BrFNO4/c18-12-7-15-14(22-8-23-15)6-10(12)5-13-17(21)24-16(20-13)9-1-3-11(19)4-2-9/h1-7H,8H2/b13-5+. The van der Waals surface area contributed by atoms with Crippen LogP contribution >= 0.6 is 15.9 Å². The molecule has 2 aromatic rings. The molecule has 2 heterocycles. The van der Waals surface area contributed by atoms with Crippen molar-refractivity contribution in [3.63, 3.8) is 0 Å². The number of rotatable bonds is 2. The Labute approximate surface area is 144 Å². The topological polar surface area (TPSA) is 57.1 Å². The molecular weight excluding hydrogens is 381 g/mol. The van der Waals surface area contributed by atoms with Crippen LogP contribution in [0.25, 0.3) is 6.08 Å². The minimum Gasteiger partial charge on any atom is -0.454 e. The number of cyclic esters (lactones) is 1. The van der Waals surface area contributed by atoms with Gasteiger partial charge < -0.3 is 14.2 Å². The van der Waals surface area contributed by atoms with Crippen molar-refractivity contribution in [2.75, 3.05) is 6.79 Å². The molecule has 0 saturated heterocycles. The van der Waals surface area contributed by atoms with Gasteiger partial charge in [0.1, 0.15) is 5.82 Å². The molecule has 0 bridgehead atoms. The van der Waals surface area contributed by atoms with Gasteiger partial charge >= 0.3 is 5.97 Å². The predicted octanol–water partition coefficient (Wildman–Crippen LogP) is 3.66. The molecule has 7 heteroatoms. The van der Waals surface area contributed by atoms with Crippen LogP contribution in [0.1, 0.15) is 11.1 Å². The monoisotopic (exact) mass is 389 g/mol. The lowest BCUT2D eigenvalue weighted by Gasteiger charge is -2.02. The van der Waals surface area contributed by atoms with Crippen LogP contribution in [-0.2, 0) is 9.53 Å². The zero-order chi connectivity index (χ0) is 16.7. The van der Waals surface area contributed by atoms with Crippen LogP contribution < -0.4 is 9.47 Å². The maximum atomic E-state index is 13.0. The maximum absolute atomic E-state index is 13.0. The molecule has 0 N–H and O–H groups in total. The number of ether oxygens (including phenoxy) is 3. The van der Waals surface area contributed by atoms with E-state index in [0.717, 1.165) is 4.47 Å². The number of carbonyl (C=O) groups excluding carboxylic acids is 1. The Morgan fingerprint density at radius 3 is 2.58 bits per heavy atom. The number of fused-ring (bicyclic) bond motifs is 1. The second kappa shape index (κ2) is 5.76. The second-order valence-corrected chi connectivity index (χ2v) is 5.92. The molecule has 0 aliphatic carbocycles. The number of aliphatic imine (C=N–C) groups is 1. The Morgan fingerprint density at radius 2 is 1.83 bits per heavy atom. The largest absolute Gasteiger partial charge is 0.454 e. The number of hydrogen-bond donors (Lipinski definition) is 0. The third kappa shape index (κ3) is 2.67. The molecule has 0 saturated carbocycles. The number of hydrogen-bond acceptors (Lipinski definition) is 5. The fourth-order valence-electron chi connectivity index (χ4n) is 2.32. The lowest BCUT2D eigenvalue weighted by Crippen LogP contribution is -2.05. The van der Waals surface area contributed by atoms with Gasteiger partial charge in [-0.3, -0.25) is 0 Å². The van der Waals surface area contributed by atoms with Gasteiger partial charge in [0.15, 0.2) is 17.2 Å². The smallest absolute Gasteiger partial charge is 0.363 e. The summed E-state index contributed by atoms with van der Waals surface area (Å²) in [4.78, 5) is 16.2. The van der Waals surface area contributed by atoms with Crippen molar-refractivity contribution in [1.82, 2.24) is 0 Å². The van der Waals surface area contributed by atoms with Crippen molar-refractivity contribution < 1.29 is 23.4 Å². The lowest BCUT2D eigenvalue weighted by molar-refractivity contribution is -0.129. The van der Waals surface area contributed by atoms with E-state index in [-0.39, 0.29) is 24.2 Å². The minimum absolute atomic E-state index is 0.142. The SMILES string of the molecule is O=C1OC(c2ccc(F)cc2)=N/C1=C/c1cc2c(cc1Br)OCO2. The van der Waals surface area contributed by atoms with Gasteiger partial charge in [0.25, 0.3) is 0 Å². The number of benzene rings is 2. The molecule has 2 aliphatic heterocycles. The summed E-state index contributed by atoms with van der Waals surface area (Å²) in [5.74, 6) is 0.429. The number of esters is 1. The molecule has 24 heavy (non-hydrogen) atoms. The molecule has 0 atom stereocenters. The van der Waals surface area contributed by atoms with Crippen molar-refractivity contribution >= 4 is 33.9 Å². The number of carbonyl (C=O) groups is 1. The van der Waals surface area contributed by atoms with E-state index < -0.39 is 5.97 Å². The third-order valence-corrected chi connectivity index (χ3v) is 4.18. The second-order valence-electron chi connectivity index (χ2n) is 5.07. The van der Waals surface area contributed by atoms with Gasteiger partial charge in [-0.2, -0.15) is 0 Å². The summed E-state index contributed by atoms with van der Waals surface area (Å²) in [6, 6.07) is 9.07. The van der Waals surface area contributed by atoms with Gasteiger partial charge in [-0.25, -0.2) is 14.2 Å². The Kier molecular flexibility index (Phi) is 3.57. The van der Waals surface area contributed by atoms with E-state index in [1.165, 1.54) is 24.3 Å². The Balaban J connectivity index is 1.70. The van der Waals surface area contributed by atoms with Gasteiger partial charge in [0.2, 0.25) is 12.7 Å². The van der Waals surface area contributed by atoms with Crippen LogP contribution in [0.3, 0.4) is 0 Å². The van der Waals surface area contributed by atoms with Gasteiger partial charge in [-0.15, -0.1) is 0 Å². The van der Waals surface area contributed by atoms with Gasteiger partial charge in [-0.05, 0) is 48.0 Å². The molecule has 0 radical (unpaired) electrons. The summed E-state index contributed by atoms with van der Waals surface area (Å²) in [5.41, 5.74) is 1.38. The molecule has 0 amide bonds. The summed E-state index contributed by atoms with van der Waals surface area (Å²) in [6.45, 7) is 0.163. The molecule has 0 unspecified atom stereocenters. The number of nitrogens with zero attached hydrogens (tertiary/aromatic N) is 1. The molecule has 120 valence electrons. The molecule has 0 spiro atoms. The van der Waals surface area contributed by atoms with Crippen LogP contribution in [0.5, 0.6) is 11.5 Å². The van der Waals surface area contributed by atoms with Crippen molar-refractivity contribution in [2.45, 2.75) is 0 Å². The van der Waals surface area contributed by atoms with Crippen LogP contribution in [0.15, 0.2) is 51.6 Å². The molecule has 5 nitrogen and oxygen atoms in total. The minimum atomic E-state index is -0.570. The highest BCUT2D eigenvalue weighted by Crippen LogP contribution is 2.38. The highest BCUT2D eigenvalue weighted by atomic mass is 79.9. The lowest BCUT2D eigenvalue weighted by atomic mass is 10.1. The fourth-order valence-corrected chi connectivity index (χ4v) is 2.75. The first-order valence-electron chi connectivity index (χ1n) is 6.98. The summed E-state index contributed by atoms with van der Waals surface area (Å²) < 4.78 is 29.5. The maximum Gasteiger partial charge on any atom is 0.363 e. The third-order valence-electron chi connectivity index (χ3n) is 3.50. The summed E-state index contributed by atoms with van der Waals surface area (Å²) in [6.07, 6.45) is 1.59. The number of halogens is 2. The van der Waals surface area contributed by atoms with Gasteiger partial charge in [-0.1, -0.05) is 15.9 Å². The Bertz CT molecular complexity index is 906. The fraction of sp³-hybridized carbons (Fsp3) is 0.0588. The van der Waals surface area contributed by atoms with Crippen molar-refractivity contribution in [3.05, 3.63) is 63.5 Å². The first-order chi connectivity index (χ1) is 11.6. The van der Waals surface area contributed by atoms with Crippen LogP contribution in [0, 0.1) is 5.82 Å². The average molecular weight is 390 g/mol. The summed E-state index contributed by atoms with van der Waals surface area (Å²) in [7, 11) is 0. The zero-order valence-corrected chi connectivity index (χ0v) is 13.7. The van der Waals surface area contributed by atoms with Crippen molar-refractivity contribution in [3.8, 4) is 11.5 Å². The molecule has 4 rings (SSSR count). The molecule has 2 aromatic carbocycles. The normalized spacial score (nSPS) is 17.2. The summed E-state index contributed by atoms with van der Waals surface area (Å²) in [5, 5.41) is 0. The van der Waals surface area contributed by atoms with E-state index in [1.54, 1.807) is 18.2 Å². The molecular formula is C17H9BrFNO4. The van der Waals surface area contributed by atoms with E-state index in [4.69, 9.17) is 14.2 Å².